The highest BCUT2D eigenvalue weighted by Gasteiger charge is 2.28. The van der Waals surface area contributed by atoms with Crippen molar-refractivity contribution in [3.63, 3.8) is 0 Å². The van der Waals surface area contributed by atoms with Gasteiger partial charge in [-0.15, -0.1) is 0 Å². The second-order valence-electron chi connectivity index (χ2n) is 11.6. The van der Waals surface area contributed by atoms with Gasteiger partial charge >= 0.3 is 0 Å². The van der Waals surface area contributed by atoms with Crippen LogP contribution in [0.1, 0.15) is 87.2 Å². The first kappa shape index (κ1) is 27.9. The predicted octanol–water partition coefficient (Wildman–Crippen LogP) is 6.27. The van der Waals surface area contributed by atoms with Crippen molar-refractivity contribution in [2.24, 2.45) is 0 Å². The number of rotatable bonds is 4. The molecule has 1 saturated heterocycles. The molecule has 2 unspecified atom stereocenters. The maximum Gasteiger partial charge on any atom is 0.254 e. The SMILES string of the molecule is CC(=O)N1CCCCCCCN(C(=O)c2cccc(N3C(C)CCC3C)c2)Cc2ccc(Cn3cccn3)cc21. The van der Waals surface area contributed by atoms with Crippen LogP contribution in [0.5, 0.6) is 0 Å². The summed E-state index contributed by atoms with van der Waals surface area (Å²) < 4.78 is 1.89. The molecule has 1 fully saturated rings. The minimum absolute atomic E-state index is 0.0361. The Kier molecular flexibility index (Phi) is 8.88. The summed E-state index contributed by atoms with van der Waals surface area (Å²) in [6.07, 6.45) is 11.3. The van der Waals surface area contributed by atoms with Gasteiger partial charge in [-0.2, -0.15) is 5.10 Å². The molecular weight excluding hydrogens is 498 g/mol. The number of aromatic nitrogens is 2. The average Bonchev–Trinajstić information content (AvgIpc) is 3.57. The fourth-order valence-corrected chi connectivity index (χ4v) is 6.37. The van der Waals surface area contributed by atoms with Gasteiger partial charge in [0.05, 0.1) is 6.54 Å². The number of nitrogens with zero attached hydrogens (tertiary/aromatic N) is 5. The zero-order chi connectivity index (χ0) is 28.1. The Morgan fingerprint density at radius 3 is 2.38 bits per heavy atom. The largest absolute Gasteiger partial charge is 0.366 e. The molecule has 7 nitrogen and oxygen atoms in total. The van der Waals surface area contributed by atoms with Crippen LogP contribution in [0.3, 0.4) is 0 Å². The second kappa shape index (κ2) is 12.7. The summed E-state index contributed by atoms with van der Waals surface area (Å²) in [5, 5.41) is 4.35. The van der Waals surface area contributed by atoms with E-state index in [1.807, 2.05) is 38.9 Å². The smallest absolute Gasteiger partial charge is 0.254 e. The van der Waals surface area contributed by atoms with Crippen molar-refractivity contribution >= 4 is 23.2 Å². The standard InChI is InChI=1S/C33H43N5O2/c1-25-13-14-26(2)38(25)31-12-9-11-29(22-31)33(40)35-18-7-5-4-6-8-20-37(27(3)39)32-21-28(15-16-30(32)24-35)23-36-19-10-17-34-36/h9-12,15-17,19,21-22,25-26H,4-8,13-14,18,20,23-24H2,1-3H3. The number of amides is 2. The molecule has 1 aromatic heterocycles. The van der Waals surface area contributed by atoms with Crippen LogP contribution < -0.4 is 9.80 Å². The molecule has 40 heavy (non-hydrogen) atoms. The van der Waals surface area contributed by atoms with Crippen molar-refractivity contribution in [2.45, 2.75) is 90.9 Å². The van der Waals surface area contributed by atoms with Gasteiger partial charge in [-0.3, -0.25) is 14.3 Å². The number of fused-ring (bicyclic) bond motifs is 1. The quantitative estimate of drug-likeness (QED) is 0.391. The van der Waals surface area contributed by atoms with E-state index in [2.05, 4.69) is 54.2 Å². The van der Waals surface area contributed by atoms with Crippen LogP contribution in [-0.4, -0.2) is 51.7 Å². The van der Waals surface area contributed by atoms with E-state index in [1.54, 1.807) is 13.1 Å². The van der Waals surface area contributed by atoms with Gasteiger partial charge in [0, 0.05) is 68.0 Å². The first-order valence-corrected chi connectivity index (χ1v) is 15.0. The van der Waals surface area contributed by atoms with Crippen LogP contribution in [0.15, 0.2) is 60.9 Å². The number of carbonyl (C=O) groups is 2. The first-order chi connectivity index (χ1) is 19.4. The lowest BCUT2D eigenvalue weighted by molar-refractivity contribution is -0.116. The van der Waals surface area contributed by atoms with E-state index in [1.165, 1.54) is 12.8 Å². The molecule has 0 saturated carbocycles. The molecule has 5 rings (SSSR count). The van der Waals surface area contributed by atoms with Gasteiger partial charge in [-0.1, -0.05) is 37.5 Å². The third kappa shape index (κ3) is 6.40. The van der Waals surface area contributed by atoms with Gasteiger partial charge in [0.1, 0.15) is 0 Å². The van der Waals surface area contributed by atoms with Gasteiger partial charge in [0.25, 0.3) is 5.91 Å². The summed E-state index contributed by atoms with van der Waals surface area (Å²) >= 11 is 0. The van der Waals surface area contributed by atoms with E-state index in [4.69, 9.17) is 0 Å². The molecule has 0 radical (unpaired) electrons. The Morgan fingerprint density at radius 2 is 1.65 bits per heavy atom. The molecule has 2 aliphatic rings. The molecule has 3 aromatic rings. The third-order valence-corrected chi connectivity index (χ3v) is 8.53. The molecule has 2 aromatic carbocycles. The zero-order valence-electron chi connectivity index (χ0n) is 24.3. The topological polar surface area (TPSA) is 61.7 Å². The summed E-state index contributed by atoms with van der Waals surface area (Å²) in [7, 11) is 0. The Morgan fingerprint density at radius 1 is 0.900 bits per heavy atom. The highest BCUT2D eigenvalue weighted by atomic mass is 16.2. The van der Waals surface area contributed by atoms with Crippen LogP contribution in [0, 0.1) is 0 Å². The lowest BCUT2D eigenvalue weighted by atomic mass is 10.0. The molecule has 2 atom stereocenters. The molecule has 0 N–H and O–H groups in total. The van der Waals surface area contributed by atoms with Crippen molar-refractivity contribution in [1.82, 2.24) is 14.7 Å². The van der Waals surface area contributed by atoms with Crippen LogP contribution in [0.2, 0.25) is 0 Å². The Labute approximate surface area is 238 Å². The first-order valence-electron chi connectivity index (χ1n) is 15.0. The lowest BCUT2D eigenvalue weighted by Crippen LogP contribution is -2.35. The Hall–Kier alpha value is -3.61. The number of hydrogen-bond donors (Lipinski definition) is 0. The Bertz CT molecular complexity index is 1290. The fraction of sp³-hybridized carbons (Fsp3) is 0.485. The van der Waals surface area contributed by atoms with Crippen molar-refractivity contribution in [3.8, 4) is 0 Å². The van der Waals surface area contributed by atoms with Crippen LogP contribution in [0.4, 0.5) is 11.4 Å². The number of benzene rings is 2. The summed E-state index contributed by atoms with van der Waals surface area (Å²) in [6, 6.07) is 17.4. The van der Waals surface area contributed by atoms with Crippen molar-refractivity contribution < 1.29 is 9.59 Å². The van der Waals surface area contributed by atoms with Crippen molar-refractivity contribution in [1.29, 1.82) is 0 Å². The molecule has 0 spiro atoms. The summed E-state index contributed by atoms with van der Waals surface area (Å²) in [4.78, 5) is 33.3. The molecule has 2 aliphatic heterocycles. The molecule has 212 valence electrons. The predicted molar refractivity (Wildman–Crippen MR) is 161 cm³/mol. The summed E-state index contributed by atoms with van der Waals surface area (Å²) in [5.41, 5.74) is 4.86. The Balaban J connectivity index is 1.47. The maximum absolute atomic E-state index is 14.1. The van der Waals surface area contributed by atoms with E-state index in [9.17, 15) is 9.59 Å². The van der Waals surface area contributed by atoms with Crippen LogP contribution in [-0.2, 0) is 17.9 Å². The summed E-state index contributed by atoms with van der Waals surface area (Å²) in [6.45, 7) is 8.68. The van der Waals surface area contributed by atoms with Gasteiger partial charge in [-0.05, 0) is 81.0 Å². The number of carbonyl (C=O) groups excluding carboxylic acids is 2. The summed E-state index contributed by atoms with van der Waals surface area (Å²) in [5.74, 6) is 0.0911. The molecule has 3 heterocycles. The van der Waals surface area contributed by atoms with E-state index < -0.39 is 0 Å². The van der Waals surface area contributed by atoms with Crippen molar-refractivity contribution in [3.05, 3.63) is 77.6 Å². The van der Waals surface area contributed by atoms with Gasteiger partial charge in [0.2, 0.25) is 5.91 Å². The zero-order valence-corrected chi connectivity index (χ0v) is 24.3. The molecule has 0 aliphatic carbocycles. The number of hydrogen-bond acceptors (Lipinski definition) is 4. The van der Waals surface area contributed by atoms with Crippen LogP contribution in [0.25, 0.3) is 0 Å². The lowest BCUT2D eigenvalue weighted by Gasteiger charge is -2.31. The van der Waals surface area contributed by atoms with E-state index in [0.717, 1.165) is 60.2 Å². The van der Waals surface area contributed by atoms with E-state index >= 15 is 0 Å². The normalized spacial score (nSPS) is 20.5. The third-order valence-electron chi connectivity index (χ3n) is 8.53. The minimum Gasteiger partial charge on any atom is -0.366 e. The van der Waals surface area contributed by atoms with Gasteiger partial charge in [0.15, 0.2) is 0 Å². The van der Waals surface area contributed by atoms with E-state index in [0.29, 0.717) is 38.3 Å². The molecule has 0 bridgehead atoms. The highest BCUT2D eigenvalue weighted by Crippen LogP contribution is 2.32. The molecular formula is C33H43N5O2. The van der Waals surface area contributed by atoms with E-state index in [-0.39, 0.29) is 11.8 Å². The average molecular weight is 542 g/mol. The monoisotopic (exact) mass is 541 g/mol. The van der Waals surface area contributed by atoms with Gasteiger partial charge in [-0.25, -0.2) is 0 Å². The van der Waals surface area contributed by atoms with Crippen molar-refractivity contribution in [2.75, 3.05) is 22.9 Å². The van der Waals surface area contributed by atoms with Crippen LogP contribution >= 0.6 is 0 Å². The minimum atomic E-state index is 0.0361. The second-order valence-corrected chi connectivity index (χ2v) is 11.6. The number of anilines is 2. The molecule has 7 heteroatoms. The highest BCUT2D eigenvalue weighted by molar-refractivity contribution is 5.96. The van der Waals surface area contributed by atoms with Gasteiger partial charge < -0.3 is 14.7 Å². The fourth-order valence-electron chi connectivity index (χ4n) is 6.37. The maximum atomic E-state index is 14.1. The molecule has 2 amide bonds.